The number of carbonyl (C=O) groups is 1. The lowest BCUT2D eigenvalue weighted by molar-refractivity contribution is -0.116. The molecule has 0 spiro atoms. The lowest BCUT2D eigenvalue weighted by atomic mass is 10.1. The molecule has 0 saturated heterocycles. The van der Waals surface area contributed by atoms with Crippen LogP contribution in [0.5, 0.6) is 5.75 Å². The van der Waals surface area contributed by atoms with Crippen LogP contribution in [0, 0.1) is 11.3 Å². The van der Waals surface area contributed by atoms with E-state index >= 15 is 0 Å². The van der Waals surface area contributed by atoms with Crippen molar-refractivity contribution in [2.75, 3.05) is 19.0 Å². The summed E-state index contributed by atoms with van der Waals surface area (Å²) in [6.45, 7) is 6.76. The number of ether oxygens (including phenoxy) is 1. The van der Waals surface area contributed by atoms with Gasteiger partial charge in [-0.2, -0.15) is 5.26 Å². The average Bonchev–Trinajstić information content (AvgIpc) is 2.37. The zero-order valence-electron chi connectivity index (χ0n) is 12.4. The van der Waals surface area contributed by atoms with Gasteiger partial charge in [0.15, 0.2) is 0 Å². The van der Waals surface area contributed by atoms with Crippen LogP contribution in [0.25, 0.3) is 0 Å². The largest absolute Gasteiger partial charge is 0.495 e. The van der Waals surface area contributed by atoms with Crippen molar-refractivity contribution in [1.29, 1.82) is 5.26 Å². The van der Waals surface area contributed by atoms with E-state index in [9.17, 15) is 4.79 Å². The maximum Gasteiger partial charge on any atom is 0.225 e. The Kier molecular flexibility index (Phi) is 5.53. The second-order valence-corrected chi connectivity index (χ2v) is 5.50. The molecule has 0 fully saturated rings. The van der Waals surface area contributed by atoms with E-state index in [1.807, 2.05) is 6.07 Å². The molecule has 2 N–H and O–H groups in total. The molecule has 0 aliphatic carbocycles. The van der Waals surface area contributed by atoms with Gasteiger partial charge in [0.2, 0.25) is 5.91 Å². The first kappa shape index (κ1) is 16.0. The summed E-state index contributed by atoms with van der Waals surface area (Å²) in [7, 11) is 1.51. The summed E-state index contributed by atoms with van der Waals surface area (Å²) in [6, 6.07) is 6.95. The van der Waals surface area contributed by atoms with Gasteiger partial charge in [-0.1, -0.05) is 0 Å². The van der Waals surface area contributed by atoms with Gasteiger partial charge in [0.1, 0.15) is 5.75 Å². The number of rotatable bonds is 5. The molecule has 0 aliphatic heterocycles. The molecule has 5 heteroatoms. The van der Waals surface area contributed by atoms with Crippen LogP contribution >= 0.6 is 0 Å². The maximum absolute atomic E-state index is 11.8. The van der Waals surface area contributed by atoms with Crippen molar-refractivity contribution in [3.63, 3.8) is 0 Å². The second-order valence-electron chi connectivity index (χ2n) is 5.50. The monoisotopic (exact) mass is 275 g/mol. The van der Waals surface area contributed by atoms with E-state index in [1.165, 1.54) is 7.11 Å². The predicted octanol–water partition coefficient (Wildman–Crippen LogP) is 2.28. The van der Waals surface area contributed by atoms with Gasteiger partial charge in [-0.15, -0.1) is 0 Å². The minimum atomic E-state index is -0.0928. The van der Waals surface area contributed by atoms with E-state index in [0.29, 0.717) is 30.0 Å². The number of hydrogen-bond donors (Lipinski definition) is 2. The van der Waals surface area contributed by atoms with Gasteiger partial charge in [-0.25, -0.2) is 0 Å². The molecule has 0 heterocycles. The smallest absolute Gasteiger partial charge is 0.225 e. The summed E-state index contributed by atoms with van der Waals surface area (Å²) in [4.78, 5) is 11.8. The molecule has 1 aromatic carbocycles. The van der Waals surface area contributed by atoms with Crippen LogP contribution in [0.4, 0.5) is 5.69 Å². The van der Waals surface area contributed by atoms with Crippen LogP contribution < -0.4 is 15.4 Å². The molecule has 0 unspecified atom stereocenters. The second kappa shape index (κ2) is 6.92. The summed E-state index contributed by atoms with van der Waals surface area (Å²) in [5, 5.41) is 14.9. The SMILES string of the molecule is COc1cc(C#N)ccc1NC(=O)CCNC(C)(C)C. The van der Waals surface area contributed by atoms with Crippen molar-refractivity contribution in [1.82, 2.24) is 5.32 Å². The van der Waals surface area contributed by atoms with Crippen LogP contribution in [0.3, 0.4) is 0 Å². The topological polar surface area (TPSA) is 74.1 Å². The van der Waals surface area contributed by atoms with Gasteiger partial charge >= 0.3 is 0 Å². The Morgan fingerprint density at radius 3 is 2.65 bits per heavy atom. The van der Waals surface area contributed by atoms with Gasteiger partial charge in [0.05, 0.1) is 24.4 Å². The van der Waals surface area contributed by atoms with Crippen molar-refractivity contribution >= 4 is 11.6 Å². The first-order valence-corrected chi connectivity index (χ1v) is 6.49. The van der Waals surface area contributed by atoms with E-state index < -0.39 is 0 Å². The molecule has 0 radical (unpaired) electrons. The number of nitriles is 1. The lowest BCUT2D eigenvalue weighted by Crippen LogP contribution is -2.37. The average molecular weight is 275 g/mol. The first-order valence-electron chi connectivity index (χ1n) is 6.49. The van der Waals surface area contributed by atoms with Crippen LogP contribution in [0.15, 0.2) is 18.2 Å². The number of carbonyl (C=O) groups excluding carboxylic acids is 1. The molecule has 1 rings (SSSR count). The van der Waals surface area contributed by atoms with Gasteiger partial charge in [-0.05, 0) is 32.9 Å². The molecule has 108 valence electrons. The van der Waals surface area contributed by atoms with Crippen molar-refractivity contribution in [3.05, 3.63) is 23.8 Å². The van der Waals surface area contributed by atoms with Crippen molar-refractivity contribution in [2.45, 2.75) is 32.7 Å². The molecule has 1 amide bonds. The Morgan fingerprint density at radius 1 is 1.40 bits per heavy atom. The Morgan fingerprint density at radius 2 is 2.10 bits per heavy atom. The fourth-order valence-electron chi connectivity index (χ4n) is 1.63. The van der Waals surface area contributed by atoms with Crippen molar-refractivity contribution in [2.24, 2.45) is 0 Å². The standard InChI is InChI=1S/C15H21N3O2/c1-15(2,3)17-8-7-14(19)18-12-6-5-11(10-16)9-13(12)20-4/h5-6,9,17H,7-8H2,1-4H3,(H,18,19). The predicted molar refractivity (Wildman–Crippen MR) is 78.7 cm³/mol. The third kappa shape index (κ3) is 5.29. The molecule has 0 aliphatic rings. The number of methoxy groups -OCH3 is 1. The Balaban J connectivity index is 2.60. The third-order valence-electron chi connectivity index (χ3n) is 2.61. The molecule has 0 bridgehead atoms. The Bertz CT molecular complexity index is 513. The normalized spacial score (nSPS) is 10.8. The number of amides is 1. The summed E-state index contributed by atoms with van der Waals surface area (Å²) in [5.41, 5.74) is 1.06. The summed E-state index contributed by atoms with van der Waals surface area (Å²) in [6.07, 6.45) is 0.375. The molecular weight excluding hydrogens is 254 g/mol. The maximum atomic E-state index is 11.8. The van der Waals surface area contributed by atoms with Gasteiger partial charge in [0.25, 0.3) is 0 Å². The van der Waals surface area contributed by atoms with Crippen LogP contribution in [0.2, 0.25) is 0 Å². The fourth-order valence-corrected chi connectivity index (χ4v) is 1.63. The number of nitrogens with one attached hydrogen (secondary N) is 2. The highest BCUT2D eigenvalue weighted by molar-refractivity contribution is 5.92. The minimum absolute atomic E-state index is 0.00753. The van der Waals surface area contributed by atoms with E-state index in [0.717, 1.165) is 0 Å². The third-order valence-corrected chi connectivity index (χ3v) is 2.61. The van der Waals surface area contributed by atoms with Crippen LogP contribution in [0.1, 0.15) is 32.8 Å². The molecule has 20 heavy (non-hydrogen) atoms. The van der Waals surface area contributed by atoms with Gasteiger partial charge in [0, 0.05) is 24.6 Å². The zero-order chi connectivity index (χ0) is 15.2. The lowest BCUT2D eigenvalue weighted by Gasteiger charge is -2.20. The molecule has 5 nitrogen and oxygen atoms in total. The number of anilines is 1. The molecule has 0 saturated carbocycles. The number of nitrogens with zero attached hydrogens (tertiary/aromatic N) is 1. The molecule has 1 aromatic rings. The summed E-state index contributed by atoms with van der Waals surface area (Å²) >= 11 is 0. The van der Waals surface area contributed by atoms with Crippen LogP contribution in [-0.4, -0.2) is 25.1 Å². The first-order chi connectivity index (χ1) is 9.35. The van der Waals surface area contributed by atoms with E-state index in [-0.39, 0.29) is 11.4 Å². The van der Waals surface area contributed by atoms with E-state index in [4.69, 9.17) is 10.00 Å². The summed E-state index contributed by atoms with van der Waals surface area (Å²) < 4.78 is 5.17. The Labute approximate surface area is 119 Å². The molecule has 0 aromatic heterocycles. The Hall–Kier alpha value is -2.06. The van der Waals surface area contributed by atoms with Crippen molar-refractivity contribution in [3.8, 4) is 11.8 Å². The molecule has 0 atom stereocenters. The van der Waals surface area contributed by atoms with Crippen LogP contribution in [-0.2, 0) is 4.79 Å². The van der Waals surface area contributed by atoms with Gasteiger partial charge < -0.3 is 15.4 Å². The van der Waals surface area contributed by atoms with E-state index in [2.05, 4.69) is 31.4 Å². The highest BCUT2D eigenvalue weighted by Crippen LogP contribution is 2.25. The highest BCUT2D eigenvalue weighted by atomic mass is 16.5. The number of benzene rings is 1. The quantitative estimate of drug-likeness (QED) is 0.864. The van der Waals surface area contributed by atoms with Gasteiger partial charge in [-0.3, -0.25) is 4.79 Å². The highest BCUT2D eigenvalue weighted by Gasteiger charge is 2.11. The number of hydrogen-bond acceptors (Lipinski definition) is 4. The summed E-state index contributed by atoms with van der Waals surface area (Å²) in [5.74, 6) is 0.394. The van der Waals surface area contributed by atoms with Crippen molar-refractivity contribution < 1.29 is 9.53 Å². The molecular formula is C15H21N3O2. The fraction of sp³-hybridized carbons (Fsp3) is 0.467. The zero-order valence-corrected chi connectivity index (χ0v) is 12.4. The van der Waals surface area contributed by atoms with E-state index in [1.54, 1.807) is 18.2 Å². The minimum Gasteiger partial charge on any atom is -0.495 e.